The molecule has 22 heavy (non-hydrogen) atoms. The lowest BCUT2D eigenvalue weighted by molar-refractivity contribution is -0.123. The second-order valence-corrected chi connectivity index (χ2v) is 6.51. The molecule has 0 radical (unpaired) electrons. The van der Waals surface area contributed by atoms with Crippen molar-refractivity contribution >= 4 is 5.91 Å². The summed E-state index contributed by atoms with van der Waals surface area (Å²) in [5, 5.41) is 2.98. The van der Waals surface area contributed by atoms with Gasteiger partial charge in [0, 0.05) is 18.5 Å². The number of amides is 1. The summed E-state index contributed by atoms with van der Waals surface area (Å²) in [5.41, 5.74) is 6.06. The van der Waals surface area contributed by atoms with Crippen LogP contribution >= 0.6 is 0 Å². The van der Waals surface area contributed by atoms with Crippen molar-refractivity contribution in [1.82, 2.24) is 5.32 Å². The lowest BCUT2D eigenvalue weighted by Crippen LogP contribution is -2.52. The highest BCUT2D eigenvalue weighted by Crippen LogP contribution is 2.16. The number of aryl methyl sites for hydroxylation is 1. The van der Waals surface area contributed by atoms with E-state index >= 15 is 0 Å². The predicted molar refractivity (Wildman–Crippen MR) is 84.4 cm³/mol. The molecule has 0 aliphatic rings. The standard InChI is InChI=1S/C17H26F2N2O/c1-12(2)10-17(3,11-20)21-16(22)6-4-5-13-7-8-14(18)15(19)9-13/h7-9,12H,4-6,10-11,20H2,1-3H3,(H,21,22). The first-order valence-electron chi connectivity index (χ1n) is 7.71. The maximum absolute atomic E-state index is 13.1. The molecule has 0 spiro atoms. The maximum atomic E-state index is 13.1. The van der Waals surface area contributed by atoms with Gasteiger partial charge in [0.1, 0.15) is 0 Å². The Hall–Kier alpha value is -1.49. The summed E-state index contributed by atoms with van der Waals surface area (Å²) in [6.07, 6.45) is 2.28. The first kappa shape index (κ1) is 18.6. The summed E-state index contributed by atoms with van der Waals surface area (Å²) in [4.78, 5) is 12.0. The Kier molecular flexibility index (Phi) is 6.94. The van der Waals surface area contributed by atoms with Crippen LogP contribution in [-0.4, -0.2) is 18.0 Å². The van der Waals surface area contributed by atoms with Crippen molar-refractivity contribution in [2.24, 2.45) is 11.7 Å². The van der Waals surface area contributed by atoms with E-state index in [4.69, 9.17) is 5.73 Å². The van der Waals surface area contributed by atoms with Crippen molar-refractivity contribution in [2.45, 2.75) is 52.0 Å². The van der Waals surface area contributed by atoms with Gasteiger partial charge < -0.3 is 11.1 Å². The Bertz CT molecular complexity index is 505. The van der Waals surface area contributed by atoms with Gasteiger partial charge in [-0.3, -0.25) is 4.79 Å². The molecule has 0 saturated heterocycles. The molecule has 0 heterocycles. The third kappa shape index (κ3) is 6.10. The van der Waals surface area contributed by atoms with Crippen LogP contribution < -0.4 is 11.1 Å². The molecule has 1 amide bonds. The van der Waals surface area contributed by atoms with Gasteiger partial charge >= 0.3 is 0 Å². The van der Waals surface area contributed by atoms with Crippen molar-refractivity contribution in [1.29, 1.82) is 0 Å². The minimum Gasteiger partial charge on any atom is -0.350 e. The highest BCUT2D eigenvalue weighted by molar-refractivity contribution is 5.76. The van der Waals surface area contributed by atoms with E-state index in [2.05, 4.69) is 19.2 Å². The van der Waals surface area contributed by atoms with Crippen LogP contribution in [0.2, 0.25) is 0 Å². The lowest BCUT2D eigenvalue weighted by atomic mass is 9.90. The van der Waals surface area contributed by atoms with Crippen LogP contribution in [0.1, 0.15) is 45.6 Å². The summed E-state index contributed by atoms with van der Waals surface area (Å²) in [5.74, 6) is -1.32. The van der Waals surface area contributed by atoms with Crippen molar-refractivity contribution in [3.63, 3.8) is 0 Å². The highest BCUT2D eigenvalue weighted by atomic mass is 19.2. The summed E-state index contributed by atoms with van der Waals surface area (Å²) in [6, 6.07) is 3.83. The fraction of sp³-hybridized carbons (Fsp3) is 0.588. The number of nitrogens with two attached hydrogens (primary N) is 1. The monoisotopic (exact) mass is 312 g/mol. The Morgan fingerprint density at radius 1 is 1.32 bits per heavy atom. The van der Waals surface area contributed by atoms with E-state index in [9.17, 15) is 13.6 Å². The number of carbonyl (C=O) groups excluding carboxylic acids is 1. The first-order chi connectivity index (χ1) is 10.3. The molecular weight excluding hydrogens is 286 g/mol. The Balaban J connectivity index is 2.43. The van der Waals surface area contributed by atoms with E-state index in [-0.39, 0.29) is 5.91 Å². The van der Waals surface area contributed by atoms with Crippen LogP contribution in [0.5, 0.6) is 0 Å². The molecule has 0 aromatic heterocycles. The fourth-order valence-electron chi connectivity index (χ4n) is 2.63. The average molecular weight is 312 g/mol. The van der Waals surface area contributed by atoms with Gasteiger partial charge in [-0.05, 0) is 49.8 Å². The molecule has 3 nitrogen and oxygen atoms in total. The summed E-state index contributed by atoms with van der Waals surface area (Å²) in [7, 11) is 0. The lowest BCUT2D eigenvalue weighted by Gasteiger charge is -2.31. The van der Waals surface area contributed by atoms with E-state index in [1.165, 1.54) is 6.07 Å². The van der Waals surface area contributed by atoms with Gasteiger partial charge in [-0.15, -0.1) is 0 Å². The second-order valence-electron chi connectivity index (χ2n) is 6.51. The molecule has 0 saturated carbocycles. The highest BCUT2D eigenvalue weighted by Gasteiger charge is 2.25. The zero-order valence-electron chi connectivity index (χ0n) is 13.6. The van der Waals surface area contributed by atoms with Crippen molar-refractivity contribution < 1.29 is 13.6 Å². The molecule has 1 unspecified atom stereocenters. The third-order valence-electron chi connectivity index (χ3n) is 3.60. The van der Waals surface area contributed by atoms with Crippen molar-refractivity contribution in [3.8, 4) is 0 Å². The zero-order valence-corrected chi connectivity index (χ0v) is 13.6. The van der Waals surface area contributed by atoms with Gasteiger partial charge in [-0.2, -0.15) is 0 Å². The largest absolute Gasteiger partial charge is 0.350 e. The number of hydrogen-bond donors (Lipinski definition) is 2. The topological polar surface area (TPSA) is 55.1 Å². The van der Waals surface area contributed by atoms with Crippen LogP contribution in [0.15, 0.2) is 18.2 Å². The Morgan fingerprint density at radius 2 is 2.00 bits per heavy atom. The Labute approximate surface area is 131 Å². The quantitative estimate of drug-likeness (QED) is 0.774. The van der Waals surface area contributed by atoms with Crippen molar-refractivity contribution in [3.05, 3.63) is 35.4 Å². The summed E-state index contributed by atoms with van der Waals surface area (Å²) in [6.45, 7) is 6.51. The van der Waals surface area contributed by atoms with E-state index in [1.807, 2.05) is 6.92 Å². The number of rotatable bonds is 8. The molecule has 5 heteroatoms. The van der Waals surface area contributed by atoms with Gasteiger partial charge in [-0.25, -0.2) is 8.78 Å². The van der Waals surface area contributed by atoms with Gasteiger partial charge in [0.15, 0.2) is 11.6 Å². The molecule has 1 atom stereocenters. The van der Waals surface area contributed by atoms with E-state index in [1.54, 1.807) is 6.07 Å². The van der Waals surface area contributed by atoms with Crippen LogP contribution in [0.25, 0.3) is 0 Å². The predicted octanol–water partition coefficient (Wildman–Crippen LogP) is 3.17. The van der Waals surface area contributed by atoms with Crippen molar-refractivity contribution in [2.75, 3.05) is 6.54 Å². The summed E-state index contributed by atoms with van der Waals surface area (Å²) >= 11 is 0. The van der Waals surface area contributed by atoms with Crippen LogP contribution in [0, 0.1) is 17.6 Å². The maximum Gasteiger partial charge on any atom is 0.220 e. The minimum absolute atomic E-state index is 0.0591. The van der Waals surface area contributed by atoms with E-state index < -0.39 is 17.2 Å². The Morgan fingerprint density at radius 3 is 2.55 bits per heavy atom. The molecule has 0 fully saturated rings. The third-order valence-corrected chi connectivity index (χ3v) is 3.60. The molecule has 124 valence electrons. The number of halogens is 2. The number of nitrogens with one attached hydrogen (secondary N) is 1. The molecule has 1 aromatic carbocycles. The molecule has 0 bridgehead atoms. The van der Waals surface area contributed by atoms with Gasteiger partial charge in [0.05, 0.1) is 0 Å². The zero-order chi connectivity index (χ0) is 16.8. The first-order valence-corrected chi connectivity index (χ1v) is 7.71. The minimum atomic E-state index is -0.853. The van der Waals surface area contributed by atoms with E-state index in [0.29, 0.717) is 37.3 Å². The number of hydrogen-bond acceptors (Lipinski definition) is 2. The number of carbonyl (C=O) groups is 1. The molecule has 3 N–H and O–H groups in total. The summed E-state index contributed by atoms with van der Waals surface area (Å²) < 4.78 is 25.9. The average Bonchev–Trinajstić information content (AvgIpc) is 2.41. The van der Waals surface area contributed by atoms with Gasteiger partial charge in [0.2, 0.25) is 5.91 Å². The fourth-order valence-corrected chi connectivity index (χ4v) is 2.63. The normalized spacial score (nSPS) is 14.0. The molecular formula is C17H26F2N2O. The smallest absolute Gasteiger partial charge is 0.220 e. The van der Waals surface area contributed by atoms with Crippen LogP contribution in [0.3, 0.4) is 0 Å². The molecule has 0 aliphatic carbocycles. The van der Waals surface area contributed by atoms with E-state index in [0.717, 1.165) is 12.5 Å². The second kappa shape index (κ2) is 8.22. The molecule has 1 rings (SSSR count). The molecule has 1 aromatic rings. The van der Waals surface area contributed by atoms with Gasteiger partial charge in [0.25, 0.3) is 0 Å². The SMILES string of the molecule is CC(C)CC(C)(CN)NC(=O)CCCc1ccc(F)c(F)c1. The number of benzene rings is 1. The van der Waals surface area contributed by atoms with Crippen LogP contribution in [0.4, 0.5) is 8.78 Å². The van der Waals surface area contributed by atoms with Crippen LogP contribution in [-0.2, 0) is 11.2 Å². The van der Waals surface area contributed by atoms with Gasteiger partial charge in [-0.1, -0.05) is 19.9 Å². The molecule has 0 aliphatic heterocycles.